The summed E-state index contributed by atoms with van der Waals surface area (Å²) in [5.74, 6) is -106. The van der Waals surface area contributed by atoms with Crippen LogP contribution in [0.2, 0.25) is 0 Å². The summed E-state index contributed by atoms with van der Waals surface area (Å²) in [6.07, 6.45) is 0. The molecule has 47 heavy (non-hydrogen) atoms. The summed E-state index contributed by atoms with van der Waals surface area (Å²) in [7, 11) is -16.7. The fourth-order valence-corrected chi connectivity index (χ4v) is 3.37. The molecule has 0 saturated carbocycles. The van der Waals surface area contributed by atoms with Crippen molar-refractivity contribution in [2.45, 2.75) is 75.7 Å². The summed E-state index contributed by atoms with van der Waals surface area (Å²) in [4.78, 5) is 0. The monoisotopic (exact) mass is 812 g/mol. The molecule has 0 rings (SSSR count). The maximum atomic E-state index is 13.7. The first-order valence-electron chi connectivity index (χ1n) is 9.35. The van der Waals surface area contributed by atoms with Gasteiger partial charge in [0.25, 0.3) is 0 Å². The van der Waals surface area contributed by atoms with E-state index in [2.05, 4.69) is 0 Å². The topological polar surface area (TPSA) is 109 Å². The van der Waals surface area contributed by atoms with Crippen molar-refractivity contribution in [3.8, 4) is 0 Å². The van der Waals surface area contributed by atoms with Crippen LogP contribution in [0, 0.1) is 0 Å². The van der Waals surface area contributed by atoms with Crippen LogP contribution in [0.25, 0.3) is 0 Å². The Bertz CT molecular complexity index is 1320. The van der Waals surface area contributed by atoms with E-state index in [9.17, 15) is 131 Å². The Labute approximate surface area is 237 Å². The van der Waals surface area contributed by atoms with Crippen LogP contribution in [-0.4, -0.2) is 102 Å². The Kier molecular flexibility index (Phi) is 10.1. The molecule has 0 heterocycles. The second-order valence-electron chi connectivity index (χ2n) is 8.30. The first kappa shape index (κ1) is 45.0. The first-order valence-corrected chi connectivity index (χ1v) is 12.2. The molecule has 6 nitrogen and oxygen atoms in total. The molecular weight excluding hydrogens is 810 g/mol. The molecule has 0 atom stereocenters. The van der Waals surface area contributed by atoms with E-state index in [1.165, 1.54) is 0 Å². The van der Waals surface area contributed by atoms with E-state index in [1.807, 2.05) is 0 Å². The van der Waals surface area contributed by atoms with E-state index >= 15 is 0 Å². The molecule has 0 aromatic rings. The smallest absolute Gasteiger partial charge is 0.281 e. The fourth-order valence-electron chi connectivity index (χ4n) is 2.46. The summed E-state index contributed by atoms with van der Waals surface area (Å²) < 4.78 is 405. The normalized spacial score (nSPS) is 17.3. The second-order valence-corrected chi connectivity index (χ2v) is 11.2. The van der Waals surface area contributed by atoms with Crippen LogP contribution in [0.4, 0.5) is 114 Å². The highest BCUT2D eigenvalue weighted by atomic mass is 32.2. The van der Waals surface area contributed by atoms with Gasteiger partial charge in [-0.3, -0.25) is 9.11 Å². The van der Waals surface area contributed by atoms with Crippen LogP contribution in [0.1, 0.15) is 0 Å². The zero-order valence-electron chi connectivity index (χ0n) is 19.7. The molecule has 0 aliphatic rings. The standard InChI is InChI=1S/C13H2F26O6S2/c14-1(15,2(16,17)4(20,21)6(24,25)8(28,29)10(32,33)12(36,37)46(40,41)42)3(18,19)5(22,23)7(26,27)9(30,31)11(34,35)13(38,39)47(43,44)45/h(H,40,41,42)(H,43,44,45). The second kappa shape index (κ2) is 10.5. The molecule has 0 spiro atoms. The third-order valence-electron chi connectivity index (χ3n) is 5.32. The minimum atomic E-state index is -10.0. The van der Waals surface area contributed by atoms with Gasteiger partial charge in [0.1, 0.15) is 0 Å². The fraction of sp³-hybridized carbons (Fsp3) is 1.00. The molecular formula is C13H2F26O6S2. The zero-order chi connectivity index (χ0) is 39.5. The van der Waals surface area contributed by atoms with Crippen LogP contribution in [0.5, 0.6) is 0 Å². The Morgan fingerprint density at radius 1 is 0.234 bits per heavy atom. The van der Waals surface area contributed by atoms with Gasteiger partial charge < -0.3 is 0 Å². The molecule has 0 bridgehead atoms. The van der Waals surface area contributed by atoms with Crippen molar-refractivity contribution in [2.24, 2.45) is 0 Å². The number of hydrogen-bond donors (Lipinski definition) is 2. The Balaban J connectivity index is 7.68. The van der Waals surface area contributed by atoms with Crippen LogP contribution in [-0.2, 0) is 20.2 Å². The van der Waals surface area contributed by atoms with Gasteiger partial charge in [-0.15, -0.1) is 0 Å². The molecule has 2 N–H and O–H groups in total. The van der Waals surface area contributed by atoms with Gasteiger partial charge >= 0.3 is 95.9 Å². The minimum Gasteiger partial charge on any atom is -0.281 e. The SMILES string of the molecule is O=S(=O)(O)C(F)(F)C(F)(F)C(F)(F)C(F)(F)C(F)(F)C(F)(F)C(F)(F)C(F)(F)C(F)(F)C(F)(F)C(F)(F)C(F)(F)C(F)(F)S(=O)(=O)O. The van der Waals surface area contributed by atoms with Gasteiger partial charge in [-0.1, -0.05) is 0 Å². The summed E-state index contributed by atoms with van der Waals surface area (Å²) in [5.41, 5.74) is 0. The van der Waals surface area contributed by atoms with E-state index in [1.54, 1.807) is 0 Å². The molecule has 0 aliphatic carbocycles. The predicted molar refractivity (Wildman–Crippen MR) is 87.4 cm³/mol. The molecule has 0 aromatic carbocycles. The van der Waals surface area contributed by atoms with Crippen molar-refractivity contribution < 1.29 is 140 Å². The maximum absolute atomic E-state index is 13.7. The highest BCUT2D eigenvalue weighted by molar-refractivity contribution is 7.87. The van der Waals surface area contributed by atoms with Crippen molar-refractivity contribution in [3.63, 3.8) is 0 Å². The van der Waals surface area contributed by atoms with Gasteiger partial charge in [-0.2, -0.15) is 131 Å². The van der Waals surface area contributed by atoms with Crippen LogP contribution < -0.4 is 0 Å². The lowest BCUT2D eigenvalue weighted by molar-refractivity contribution is -0.479. The largest absolute Gasteiger partial charge is 0.438 e. The highest BCUT2D eigenvalue weighted by Crippen LogP contribution is 2.68. The average Bonchev–Trinajstić information content (AvgIpc) is 2.80. The molecule has 0 amide bonds. The van der Waals surface area contributed by atoms with E-state index < -0.39 is 95.9 Å². The lowest BCUT2D eigenvalue weighted by atomic mass is 9.84. The molecule has 0 radical (unpaired) electrons. The van der Waals surface area contributed by atoms with Gasteiger partial charge in [0.05, 0.1) is 0 Å². The molecule has 34 heteroatoms. The lowest BCUT2D eigenvalue weighted by Gasteiger charge is -2.46. The van der Waals surface area contributed by atoms with Crippen molar-refractivity contribution in [3.05, 3.63) is 0 Å². The van der Waals surface area contributed by atoms with Gasteiger partial charge in [0, 0.05) is 0 Å². The van der Waals surface area contributed by atoms with Crippen molar-refractivity contribution in [1.82, 2.24) is 0 Å². The van der Waals surface area contributed by atoms with Crippen LogP contribution in [0.15, 0.2) is 0 Å². The summed E-state index contributed by atoms with van der Waals surface area (Å²) in [6.45, 7) is 0. The van der Waals surface area contributed by atoms with E-state index in [0.29, 0.717) is 0 Å². The Morgan fingerprint density at radius 3 is 0.404 bits per heavy atom. The number of hydrogen-bond acceptors (Lipinski definition) is 4. The predicted octanol–water partition coefficient (Wildman–Crippen LogP) is 6.94. The highest BCUT2D eigenvalue weighted by Gasteiger charge is 3.01. The molecule has 0 aromatic heterocycles. The van der Waals surface area contributed by atoms with Gasteiger partial charge in [-0.05, 0) is 0 Å². The van der Waals surface area contributed by atoms with Crippen LogP contribution >= 0.6 is 0 Å². The summed E-state index contributed by atoms with van der Waals surface area (Å²) in [5, 5.41) is -16.6. The van der Waals surface area contributed by atoms with Crippen molar-refractivity contribution >= 4 is 20.2 Å². The Hall–Kier alpha value is -2.00. The number of halogens is 26. The van der Waals surface area contributed by atoms with Crippen LogP contribution in [0.3, 0.4) is 0 Å². The quantitative estimate of drug-likeness (QED) is 0.146. The molecule has 0 unspecified atom stereocenters. The van der Waals surface area contributed by atoms with E-state index in [4.69, 9.17) is 9.11 Å². The number of alkyl halides is 26. The molecule has 0 aliphatic heterocycles. The van der Waals surface area contributed by atoms with E-state index in [0.717, 1.165) is 0 Å². The van der Waals surface area contributed by atoms with E-state index in [-0.39, 0.29) is 0 Å². The zero-order valence-corrected chi connectivity index (χ0v) is 21.3. The average molecular weight is 812 g/mol. The van der Waals surface area contributed by atoms with Crippen molar-refractivity contribution in [2.75, 3.05) is 0 Å². The van der Waals surface area contributed by atoms with Crippen molar-refractivity contribution in [1.29, 1.82) is 0 Å². The van der Waals surface area contributed by atoms with Gasteiger partial charge in [-0.25, -0.2) is 0 Å². The third-order valence-corrected chi connectivity index (χ3v) is 7.13. The number of rotatable bonds is 14. The maximum Gasteiger partial charge on any atom is 0.438 e. The molecule has 284 valence electrons. The third kappa shape index (κ3) is 5.05. The molecule has 0 saturated heterocycles. The Morgan fingerprint density at radius 2 is 0.319 bits per heavy atom. The lowest BCUT2D eigenvalue weighted by Crippen LogP contribution is -2.79. The van der Waals surface area contributed by atoms with Gasteiger partial charge in [0.2, 0.25) is 0 Å². The molecule has 0 fully saturated rings. The minimum absolute atomic E-state index is 7.74. The van der Waals surface area contributed by atoms with Gasteiger partial charge in [0.15, 0.2) is 0 Å². The summed E-state index contributed by atoms with van der Waals surface area (Å²) in [6, 6.07) is 0. The first-order chi connectivity index (χ1) is 19.5. The summed E-state index contributed by atoms with van der Waals surface area (Å²) >= 11 is 0.